The smallest absolute Gasteiger partial charge is 0.509 e. The Balaban J connectivity index is 0.00000296. The minimum Gasteiger partial charge on any atom is -0.509 e. The van der Waals surface area contributed by atoms with Gasteiger partial charge in [0.1, 0.15) is 5.82 Å². The first kappa shape index (κ1) is 46.1. The number of rotatable bonds is 8. The first-order valence-electron chi connectivity index (χ1n) is 22.2. The zero-order valence-electron chi connectivity index (χ0n) is 39.3. The average Bonchev–Trinajstić information content (AvgIpc) is 3.84. The van der Waals surface area contributed by atoms with Crippen LogP contribution in [0.5, 0.6) is 11.5 Å². The van der Waals surface area contributed by atoms with Gasteiger partial charge >= 0.3 is 21.1 Å². The van der Waals surface area contributed by atoms with Gasteiger partial charge in [0, 0.05) is 45.7 Å². The molecule has 9 aromatic rings. The largest absolute Gasteiger partial charge is 4.00 e. The van der Waals surface area contributed by atoms with Gasteiger partial charge in [-0.2, -0.15) is 12.1 Å². The van der Waals surface area contributed by atoms with E-state index in [9.17, 15) is 0 Å². The van der Waals surface area contributed by atoms with Crippen molar-refractivity contribution in [3.63, 3.8) is 0 Å². The summed E-state index contributed by atoms with van der Waals surface area (Å²) in [5.74, 6) is 2.04. The molecule has 0 fully saturated rings. The second-order valence-corrected chi connectivity index (χ2v) is 19.5. The van der Waals surface area contributed by atoms with Crippen LogP contribution in [0.15, 0.2) is 170 Å². The number of pyridine rings is 1. The zero-order chi connectivity index (χ0) is 44.4. The molecule has 5 nitrogen and oxygen atoms in total. The fourth-order valence-electron chi connectivity index (χ4n) is 8.88. The molecule has 0 bridgehead atoms. The van der Waals surface area contributed by atoms with Gasteiger partial charge in [-0.1, -0.05) is 152 Å². The van der Waals surface area contributed by atoms with E-state index in [0.29, 0.717) is 11.5 Å². The summed E-state index contributed by atoms with van der Waals surface area (Å²) in [4.78, 5) is 9.45. The van der Waals surface area contributed by atoms with Crippen LogP contribution in [0, 0.1) is 26.2 Å². The Bertz CT molecular complexity index is 3180. The number of nitrogens with zero attached hydrogens (tertiary/aromatic N) is 4. The van der Waals surface area contributed by atoms with E-state index in [1.165, 1.54) is 27.8 Å². The van der Waals surface area contributed by atoms with Crippen molar-refractivity contribution in [1.29, 1.82) is 0 Å². The zero-order valence-corrected chi connectivity index (χ0v) is 41.5. The van der Waals surface area contributed by atoms with Gasteiger partial charge in [-0.3, -0.25) is 0 Å². The summed E-state index contributed by atoms with van der Waals surface area (Å²) in [6, 6.07) is 65.6. The SMILES string of the molecule is CC(C)(C)c1ccnc(-n2c3[c-]c(Oc4[c-]c(N5[CH-]N(c6cccc(C(C)(C)c7ccccc7)c6)c6ccc(C(C)(C)C)cc65)ccc4)ccc3c3cc(-c4ccccc4)ccc32)c1.[CH3-].[Pt+4]. The summed E-state index contributed by atoms with van der Waals surface area (Å²) in [6.07, 6.45) is 1.91. The third-order valence-corrected chi connectivity index (χ3v) is 12.8. The number of hydrogen-bond acceptors (Lipinski definition) is 4. The molecule has 1 aliphatic rings. The Morgan fingerprint density at radius 1 is 0.515 bits per heavy atom. The van der Waals surface area contributed by atoms with Crippen LogP contribution in [0.25, 0.3) is 38.8 Å². The second-order valence-electron chi connectivity index (χ2n) is 19.5. The minimum atomic E-state index is -0.179. The van der Waals surface area contributed by atoms with E-state index in [1.54, 1.807) is 0 Å². The molecule has 0 spiro atoms. The van der Waals surface area contributed by atoms with Gasteiger partial charge in [0.15, 0.2) is 0 Å². The average molecular weight is 1040 g/mol. The van der Waals surface area contributed by atoms with E-state index in [2.05, 4.69) is 234 Å². The van der Waals surface area contributed by atoms with Crippen molar-refractivity contribution in [2.45, 2.75) is 71.6 Å². The van der Waals surface area contributed by atoms with Crippen LogP contribution in [-0.2, 0) is 37.3 Å². The molecular formula is C60H56N4OPt. The third-order valence-electron chi connectivity index (χ3n) is 12.8. The van der Waals surface area contributed by atoms with Crippen LogP contribution < -0.4 is 14.5 Å². The first-order chi connectivity index (χ1) is 30.7. The Kier molecular flexibility index (Phi) is 12.4. The number of ether oxygens (including phenoxy) is 1. The molecule has 0 unspecified atom stereocenters. The quantitative estimate of drug-likeness (QED) is 0.142. The molecule has 0 amide bonds. The van der Waals surface area contributed by atoms with E-state index >= 15 is 0 Å². The Morgan fingerprint density at radius 3 is 1.94 bits per heavy atom. The molecule has 0 N–H and O–H groups in total. The third kappa shape index (κ3) is 8.58. The monoisotopic (exact) mass is 1040 g/mol. The summed E-state index contributed by atoms with van der Waals surface area (Å²) < 4.78 is 8.94. The maximum atomic E-state index is 6.72. The maximum absolute atomic E-state index is 6.72. The van der Waals surface area contributed by atoms with Gasteiger partial charge < -0.3 is 26.5 Å². The molecule has 6 heteroatoms. The fraction of sp³-hybridized carbons (Fsp3) is 0.183. The number of anilines is 4. The van der Waals surface area contributed by atoms with Crippen molar-refractivity contribution in [3.05, 3.63) is 218 Å². The van der Waals surface area contributed by atoms with E-state index in [4.69, 9.17) is 9.72 Å². The molecule has 332 valence electrons. The van der Waals surface area contributed by atoms with Crippen LogP contribution in [0.1, 0.15) is 77.6 Å². The van der Waals surface area contributed by atoms with E-state index in [1.807, 2.05) is 24.4 Å². The van der Waals surface area contributed by atoms with Gasteiger partial charge in [0.25, 0.3) is 0 Å². The Hall–Kier alpha value is -6.42. The van der Waals surface area contributed by atoms with Crippen molar-refractivity contribution in [3.8, 4) is 28.4 Å². The first-order valence-corrected chi connectivity index (χ1v) is 22.2. The maximum Gasteiger partial charge on any atom is 4.00 e. The number of benzene rings is 7. The standard InChI is InChI=1S/C59H53N4O.CH3.Pt/c1-57(2,3)43-26-30-53-55(35-43)62(39-61(53)46-22-15-21-45(34-46)59(7,8)42-19-13-10-14-20-42)47-23-16-24-48(37-47)64-49-27-28-50-51-33-41(40-17-11-9-12-18-40)25-29-52(51)63(54(50)38-49)56-36-44(31-32-60-56)58(4,5)6;;/h9-36,39H,1-8H3;1H3;/q-3;-1;+4. The van der Waals surface area contributed by atoms with Gasteiger partial charge in [0.2, 0.25) is 0 Å². The molecule has 0 atom stereocenters. The van der Waals surface area contributed by atoms with Crippen molar-refractivity contribution in [2.75, 3.05) is 9.80 Å². The Labute approximate surface area is 406 Å². The molecule has 3 heterocycles. The van der Waals surface area contributed by atoms with Gasteiger partial charge in [-0.15, -0.1) is 48.1 Å². The summed E-state index contributed by atoms with van der Waals surface area (Å²) in [6.45, 7) is 20.3. The molecule has 10 rings (SSSR count). The van der Waals surface area contributed by atoms with E-state index in [0.717, 1.165) is 55.9 Å². The predicted molar refractivity (Wildman–Crippen MR) is 272 cm³/mol. The number of aromatic nitrogens is 2. The fourth-order valence-corrected chi connectivity index (χ4v) is 8.88. The molecule has 0 saturated carbocycles. The summed E-state index contributed by atoms with van der Waals surface area (Å²) in [7, 11) is 0. The second kappa shape index (κ2) is 17.8. The van der Waals surface area contributed by atoms with Crippen LogP contribution in [0.4, 0.5) is 22.7 Å². The van der Waals surface area contributed by atoms with Crippen LogP contribution in [0.3, 0.4) is 0 Å². The number of fused-ring (bicyclic) bond motifs is 4. The predicted octanol–water partition coefficient (Wildman–Crippen LogP) is 16.0. The number of hydrogen-bond donors (Lipinski definition) is 0. The van der Waals surface area contributed by atoms with Gasteiger partial charge in [-0.25, -0.2) is 4.98 Å². The molecule has 0 radical (unpaired) electrons. The van der Waals surface area contributed by atoms with Gasteiger partial charge in [-0.05, 0) is 92.1 Å². The van der Waals surface area contributed by atoms with Crippen molar-refractivity contribution < 1.29 is 25.8 Å². The summed E-state index contributed by atoms with van der Waals surface area (Å²) >= 11 is 0. The van der Waals surface area contributed by atoms with Crippen molar-refractivity contribution in [2.24, 2.45) is 0 Å². The van der Waals surface area contributed by atoms with E-state index in [-0.39, 0.29) is 44.7 Å². The molecule has 66 heavy (non-hydrogen) atoms. The van der Waals surface area contributed by atoms with Crippen LogP contribution in [-0.4, -0.2) is 9.55 Å². The molecule has 0 aliphatic carbocycles. The molecule has 7 aromatic carbocycles. The minimum absolute atomic E-state index is 0. The van der Waals surface area contributed by atoms with Crippen molar-refractivity contribution >= 4 is 44.6 Å². The molecule has 1 aliphatic heterocycles. The normalized spacial score (nSPS) is 12.8. The van der Waals surface area contributed by atoms with E-state index < -0.39 is 0 Å². The van der Waals surface area contributed by atoms with Crippen LogP contribution in [0.2, 0.25) is 0 Å². The molecule has 0 saturated heterocycles. The molecular weight excluding hydrogens is 988 g/mol. The van der Waals surface area contributed by atoms with Crippen LogP contribution >= 0.6 is 0 Å². The van der Waals surface area contributed by atoms with Gasteiger partial charge in [0.05, 0.1) is 0 Å². The van der Waals surface area contributed by atoms with Crippen molar-refractivity contribution in [1.82, 2.24) is 9.55 Å². The Morgan fingerprint density at radius 2 is 1.20 bits per heavy atom. The topological polar surface area (TPSA) is 33.5 Å². The molecule has 2 aromatic heterocycles. The summed E-state index contributed by atoms with van der Waals surface area (Å²) in [5, 5.41) is 2.21. The summed E-state index contributed by atoms with van der Waals surface area (Å²) in [5.41, 5.74) is 13.2.